The van der Waals surface area contributed by atoms with Crippen molar-refractivity contribution in [3.8, 4) is 0 Å². The average Bonchev–Trinajstić information content (AvgIpc) is 2.66. The fourth-order valence-corrected chi connectivity index (χ4v) is 3.65. The van der Waals surface area contributed by atoms with Crippen LogP contribution in [0.5, 0.6) is 0 Å². The second kappa shape index (κ2) is 4.22. The summed E-state index contributed by atoms with van der Waals surface area (Å²) in [6.07, 6.45) is 2.50. The van der Waals surface area contributed by atoms with Crippen LogP contribution >= 0.6 is 0 Å². The van der Waals surface area contributed by atoms with Gasteiger partial charge in [0.1, 0.15) is 0 Å². The average molecular weight is 241 g/mol. The molecule has 0 aromatic rings. The summed E-state index contributed by atoms with van der Waals surface area (Å²) < 4.78 is 11.8. The topological polar surface area (TPSA) is 44.5 Å². The van der Waals surface area contributed by atoms with Gasteiger partial charge in [-0.3, -0.25) is 0 Å². The summed E-state index contributed by atoms with van der Waals surface area (Å²) >= 11 is 0. The van der Waals surface area contributed by atoms with Gasteiger partial charge in [-0.05, 0) is 47.5 Å². The van der Waals surface area contributed by atoms with E-state index >= 15 is 0 Å². The van der Waals surface area contributed by atoms with Gasteiger partial charge in [-0.2, -0.15) is 0 Å². The molecule has 0 amide bonds. The quantitative estimate of drug-likeness (QED) is 0.807. The van der Waals surface area contributed by atoms with Gasteiger partial charge in [0.15, 0.2) is 0 Å². The molecule has 100 valence electrons. The maximum absolute atomic E-state index is 6.48. The van der Waals surface area contributed by atoms with Gasteiger partial charge in [0, 0.05) is 17.9 Å². The molecule has 0 spiro atoms. The molecule has 3 nitrogen and oxygen atoms in total. The molecule has 0 radical (unpaired) electrons. The van der Waals surface area contributed by atoms with Crippen LogP contribution in [0.1, 0.15) is 47.5 Å². The molecule has 2 N–H and O–H groups in total. The van der Waals surface area contributed by atoms with Gasteiger partial charge in [0.25, 0.3) is 0 Å². The maximum Gasteiger partial charge on any atom is 0.0677 e. The number of hydrogen-bond acceptors (Lipinski definition) is 3. The first-order chi connectivity index (χ1) is 7.71. The molecule has 0 saturated carbocycles. The molecule has 2 aliphatic rings. The van der Waals surface area contributed by atoms with Crippen molar-refractivity contribution in [1.29, 1.82) is 0 Å². The van der Waals surface area contributed by atoms with Crippen LogP contribution in [0.3, 0.4) is 0 Å². The van der Waals surface area contributed by atoms with Crippen LogP contribution in [-0.4, -0.2) is 30.0 Å². The maximum atomic E-state index is 6.48. The predicted molar refractivity (Wildman–Crippen MR) is 68.8 cm³/mol. The van der Waals surface area contributed by atoms with Gasteiger partial charge in [-0.25, -0.2) is 0 Å². The molecular weight excluding hydrogens is 214 g/mol. The summed E-state index contributed by atoms with van der Waals surface area (Å²) in [6.45, 7) is 11.6. The van der Waals surface area contributed by atoms with E-state index in [-0.39, 0.29) is 17.2 Å². The van der Waals surface area contributed by atoms with E-state index in [2.05, 4.69) is 34.6 Å². The highest BCUT2D eigenvalue weighted by Gasteiger charge is 2.50. The Morgan fingerprint density at radius 3 is 2.29 bits per heavy atom. The van der Waals surface area contributed by atoms with Gasteiger partial charge in [0.2, 0.25) is 0 Å². The van der Waals surface area contributed by atoms with Crippen LogP contribution in [0.15, 0.2) is 0 Å². The number of ether oxygens (including phenoxy) is 2. The fraction of sp³-hybridized carbons (Fsp3) is 1.00. The van der Waals surface area contributed by atoms with E-state index in [4.69, 9.17) is 15.2 Å². The highest BCUT2D eigenvalue weighted by Crippen LogP contribution is 2.45. The first-order valence-electron chi connectivity index (χ1n) is 6.79. The minimum Gasteiger partial charge on any atom is -0.378 e. The predicted octanol–water partition coefficient (Wildman–Crippen LogP) is 2.33. The Morgan fingerprint density at radius 2 is 1.88 bits per heavy atom. The van der Waals surface area contributed by atoms with Crippen LogP contribution in [0.25, 0.3) is 0 Å². The lowest BCUT2D eigenvalue weighted by Crippen LogP contribution is -2.45. The Morgan fingerprint density at radius 1 is 1.24 bits per heavy atom. The van der Waals surface area contributed by atoms with Crippen molar-refractivity contribution < 1.29 is 9.47 Å². The Labute approximate surface area is 105 Å². The summed E-state index contributed by atoms with van der Waals surface area (Å²) in [5, 5.41) is 0. The zero-order valence-electron chi connectivity index (χ0n) is 11.8. The van der Waals surface area contributed by atoms with Gasteiger partial charge in [-0.1, -0.05) is 0 Å². The SMILES string of the molecule is CC1CC(C(N)C2CC(C)(C)OC2(C)C)CO1. The third-order valence-corrected chi connectivity index (χ3v) is 4.38. The first kappa shape index (κ1) is 13.3. The number of nitrogens with two attached hydrogens (primary N) is 1. The van der Waals surface area contributed by atoms with Crippen LogP contribution in [0.2, 0.25) is 0 Å². The number of rotatable bonds is 2. The Balaban J connectivity index is 2.06. The van der Waals surface area contributed by atoms with Crippen molar-refractivity contribution in [3.05, 3.63) is 0 Å². The molecular formula is C14H27NO2. The fourth-order valence-electron chi connectivity index (χ4n) is 3.65. The van der Waals surface area contributed by atoms with E-state index in [0.29, 0.717) is 17.9 Å². The second-order valence-corrected chi connectivity index (χ2v) is 6.99. The standard InChI is InChI=1S/C14H27NO2/c1-9-6-10(8-16-9)12(15)11-7-13(2,3)17-14(11,4)5/h9-12H,6-8,15H2,1-5H3. The molecule has 2 saturated heterocycles. The third-order valence-electron chi connectivity index (χ3n) is 4.38. The van der Waals surface area contributed by atoms with Crippen LogP contribution < -0.4 is 5.73 Å². The van der Waals surface area contributed by atoms with Crippen molar-refractivity contribution >= 4 is 0 Å². The lowest BCUT2D eigenvalue weighted by atomic mass is 9.76. The van der Waals surface area contributed by atoms with Gasteiger partial charge in [-0.15, -0.1) is 0 Å². The zero-order chi connectivity index (χ0) is 12.8. The molecule has 0 bridgehead atoms. The van der Waals surface area contributed by atoms with Crippen LogP contribution in [-0.2, 0) is 9.47 Å². The van der Waals surface area contributed by atoms with E-state index in [9.17, 15) is 0 Å². The summed E-state index contributed by atoms with van der Waals surface area (Å²) in [5.41, 5.74) is 6.32. The van der Waals surface area contributed by atoms with Gasteiger partial charge < -0.3 is 15.2 Å². The lowest BCUT2D eigenvalue weighted by Gasteiger charge is -2.33. The van der Waals surface area contributed by atoms with E-state index in [1.807, 2.05) is 0 Å². The van der Waals surface area contributed by atoms with Crippen LogP contribution in [0.4, 0.5) is 0 Å². The smallest absolute Gasteiger partial charge is 0.0677 e. The molecule has 2 aliphatic heterocycles. The Hall–Kier alpha value is -0.120. The molecule has 3 heteroatoms. The van der Waals surface area contributed by atoms with Crippen molar-refractivity contribution in [2.45, 2.75) is 70.8 Å². The Kier molecular flexibility index (Phi) is 3.30. The summed E-state index contributed by atoms with van der Waals surface area (Å²) in [7, 11) is 0. The second-order valence-electron chi connectivity index (χ2n) is 6.99. The highest BCUT2D eigenvalue weighted by atomic mass is 16.5. The van der Waals surface area contributed by atoms with Gasteiger partial charge in [0.05, 0.1) is 23.9 Å². The molecule has 2 fully saturated rings. The van der Waals surface area contributed by atoms with Gasteiger partial charge >= 0.3 is 0 Å². The Bertz CT molecular complexity index is 288. The summed E-state index contributed by atoms with van der Waals surface area (Å²) in [4.78, 5) is 0. The van der Waals surface area contributed by atoms with Crippen molar-refractivity contribution in [2.24, 2.45) is 17.6 Å². The largest absolute Gasteiger partial charge is 0.378 e. The summed E-state index contributed by atoms with van der Waals surface area (Å²) in [5.74, 6) is 0.920. The normalized spacial score (nSPS) is 41.6. The van der Waals surface area contributed by atoms with Crippen molar-refractivity contribution in [2.75, 3.05) is 6.61 Å². The van der Waals surface area contributed by atoms with E-state index in [1.54, 1.807) is 0 Å². The van der Waals surface area contributed by atoms with E-state index in [1.165, 1.54) is 0 Å². The monoisotopic (exact) mass is 241 g/mol. The minimum absolute atomic E-state index is 0.0448. The summed E-state index contributed by atoms with van der Waals surface area (Å²) in [6, 6.07) is 0.191. The number of hydrogen-bond donors (Lipinski definition) is 1. The molecule has 0 aromatic carbocycles. The molecule has 0 aliphatic carbocycles. The van der Waals surface area contributed by atoms with E-state index < -0.39 is 0 Å². The zero-order valence-corrected chi connectivity index (χ0v) is 11.8. The lowest BCUT2D eigenvalue weighted by molar-refractivity contribution is -0.0782. The molecule has 0 aromatic heterocycles. The highest BCUT2D eigenvalue weighted by molar-refractivity contribution is 5.01. The minimum atomic E-state index is -0.116. The van der Waals surface area contributed by atoms with E-state index in [0.717, 1.165) is 19.4 Å². The van der Waals surface area contributed by atoms with Crippen molar-refractivity contribution in [1.82, 2.24) is 0 Å². The molecule has 2 heterocycles. The first-order valence-corrected chi connectivity index (χ1v) is 6.79. The molecule has 4 unspecified atom stereocenters. The van der Waals surface area contributed by atoms with Crippen molar-refractivity contribution in [3.63, 3.8) is 0 Å². The molecule has 2 rings (SSSR count). The molecule has 4 atom stereocenters. The molecule has 17 heavy (non-hydrogen) atoms. The third kappa shape index (κ3) is 2.67. The van der Waals surface area contributed by atoms with Crippen LogP contribution in [0, 0.1) is 11.8 Å².